The van der Waals surface area contributed by atoms with E-state index in [0.29, 0.717) is 5.56 Å². The van der Waals surface area contributed by atoms with Crippen LogP contribution in [0.4, 0.5) is 0 Å². The monoisotopic (exact) mass is 375 g/mol. The maximum absolute atomic E-state index is 11.4. The molecule has 0 atom stereocenters. The second-order valence-electron chi connectivity index (χ2n) is 7.19. The first-order chi connectivity index (χ1) is 13.7. The fraction of sp³-hybridized carbons (Fsp3) is 0.238. The van der Waals surface area contributed by atoms with Crippen LogP contribution in [0.1, 0.15) is 15.9 Å². The van der Waals surface area contributed by atoms with Crippen LogP contribution in [0.3, 0.4) is 0 Å². The van der Waals surface area contributed by atoms with Crippen molar-refractivity contribution in [3.8, 4) is 11.4 Å². The van der Waals surface area contributed by atoms with Crippen molar-refractivity contribution in [1.29, 1.82) is 0 Å². The molecular formula is C21H21N5O2. The van der Waals surface area contributed by atoms with Crippen LogP contribution in [0.5, 0.6) is 0 Å². The number of benzene rings is 2. The normalized spacial score (nSPS) is 15.4. The van der Waals surface area contributed by atoms with Gasteiger partial charge in [-0.15, -0.1) is 0 Å². The Morgan fingerprint density at radius 2 is 1.96 bits per heavy atom. The lowest BCUT2D eigenvalue weighted by Crippen LogP contribution is -2.35. The molecule has 5 rings (SSSR count). The lowest BCUT2D eigenvalue weighted by molar-refractivity contribution is 0.0342. The third-order valence-electron chi connectivity index (χ3n) is 5.30. The van der Waals surface area contributed by atoms with Crippen LogP contribution < -0.4 is 5.73 Å². The Bertz CT molecular complexity index is 1170. The molecule has 7 nitrogen and oxygen atoms in total. The summed E-state index contributed by atoms with van der Waals surface area (Å²) in [6.45, 7) is 4.49. The van der Waals surface area contributed by atoms with Gasteiger partial charge in [-0.1, -0.05) is 6.07 Å². The minimum Gasteiger partial charge on any atom is -0.379 e. The number of amides is 1. The van der Waals surface area contributed by atoms with Gasteiger partial charge in [0.15, 0.2) is 0 Å². The van der Waals surface area contributed by atoms with E-state index in [2.05, 4.69) is 44.3 Å². The summed E-state index contributed by atoms with van der Waals surface area (Å²) in [7, 11) is 0. The number of nitrogens with zero attached hydrogens (tertiary/aromatic N) is 2. The Morgan fingerprint density at radius 3 is 2.79 bits per heavy atom. The van der Waals surface area contributed by atoms with Crippen LogP contribution >= 0.6 is 0 Å². The van der Waals surface area contributed by atoms with Gasteiger partial charge in [-0.25, -0.2) is 0 Å². The summed E-state index contributed by atoms with van der Waals surface area (Å²) in [5, 5.41) is 9.55. The molecule has 1 saturated heterocycles. The van der Waals surface area contributed by atoms with Crippen molar-refractivity contribution >= 4 is 27.7 Å². The highest BCUT2D eigenvalue weighted by molar-refractivity contribution is 6.00. The predicted molar refractivity (Wildman–Crippen MR) is 108 cm³/mol. The van der Waals surface area contributed by atoms with E-state index in [1.807, 2.05) is 6.07 Å². The Labute approximate surface area is 161 Å². The molecular weight excluding hydrogens is 354 g/mol. The van der Waals surface area contributed by atoms with E-state index >= 15 is 0 Å². The molecule has 142 valence electrons. The average molecular weight is 375 g/mol. The number of morpholine rings is 1. The number of H-pyrrole nitrogens is 2. The van der Waals surface area contributed by atoms with Crippen LogP contribution in [0.2, 0.25) is 0 Å². The van der Waals surface area contributed by atoms with Gasteiger partial charge in [-0.3, -0.25) is 14.8 Å². The van der Waals surface area contributed by atoms with E-state index in [-0.39, 0.29) is 0 Å². The Hall–Kier alpha value is -3.16. The van der Waals surface area contributed by atoms with Crippen LogP contribution in [0.15, 0.2) is 42.5 Å². The van der Waals surface area contributed by atoms with Crippen molar-refractivity contribution in [2.24, 2.45) is 5.73 Å². The molecule has 0 saturated carbocycles. The molecule has 3 heterocycles. The van der Waals surface area contributed by atoms with E-state index < -0.39 is 5.91 Å². The minimum atomic E-state index is -0.448. The second-order valence-corrected chi connectivity index (χ2v) is 7.19. The van der Waals surface area contributed by atoms with Gasteiger partial charge in [0.05, 0.1) is 24.4 Å². The Balaban J connectivity index is 1.47. The summed E-state index contributed by atoms with van der Waals surface area (Å²) in [6, 6.07) is 14.0. The lowest BCUT2D eigenvalue weighted by atomic mass is 10.1. The van der Waals surface area contributed by atoms with Crippen LogP contribution in [-0.2, 0) is 11.3 Å². The van der Waals surface area contributed by atoms with Crippen molar-refractivity contribution in [3.05, 3.63) is 53.6 Å². The Morgan fingerprint density at radius 1 is 1.11 bits per heavy atom. The highest BCUT2D eigenvalue weighted by Crippen LogP contribution is 2.29. The zero-order valence-corrected chi connectivity index (χ0v) is 15.4. The third-order valence-corrected chi connectivity index (χ3v) is 5.30. The smallest absolute Gasteiger partial charge is 0.248 e. The molecule has 7 heteroatoms. The van der Waals surface area contributed by atoms with Crippen LogP contribution in [0.25, 0.3) is 33.2 Å². The molecule has 0 unspecified atom stereocenters. The van der Waals surface area contributed by atoms with Crippen LogP contribution in [0, 0.1) is 0 Å². The summed E-state index contributed by atoms with van der Waals surface area (Å²) in [5.74, 6) is -0.448. The molecule has 0 spiro atoms. The van der Waals surface area contributed by atoms with Crippen molar-refractivity contribution in [1.82, 2.24) is 20.1 Å². The summed E-state index contributed by atoms with van der Waals surface area (Å²) < 4.78 is 5.43. The molecule has 2 aromatic carbocycles. The number of primary amides is 1. The highest BCUT2D eigenvalue weighted by atomic mass is 16.5. The van der Waals surface area contributed by atoms with Gasteiger partial charge in [0, 0.05) is 41.5 Å². The average Bonchev–Trinajstić information content (AvgIpc) is 3.31. The summed E-state index contributed by atoms with van der Waals surface area (Å²) in [6.07, 6.45) is 0. The standard InChI is InChI=1S/C21H21N5O2/c22-21(27)14-2-3-16-18(10-14)24-25-20(16)19-11-15-9-13(1-4-17(15)23-19)12-26-5-7-28-8-6-26/h1-4,9-11,23H,5-8,12H2,(H2,22,27)(H,24,25). The molecule has 0 radical (unpaired) electrons. The predicted octanol–water partition coefficient (Wildman–Crippen LogP) is 2.64. The number of fused-ring (bicyclic) bond motifs is 2. The van der Waals surface area contributed by atoms with Gasteiger partial charge in [-0.2, -0.15) is 5.10 Å². The maximum Gasteiger partial charge on any atom is 0.248 e. The maximum atomic E-state index is 11.4. The molecule has 0 bridgehead atoms. The molecule has 1 fully saturated rings. The number of ether oxygens (including phenoxy) is 1. The molecule has 0 aliphatic carbocycles. The summed E-state index contributed by atoms with van der Waals surface area (Å²) in [5.41, 5.74) is 10.8. The summed E-state index contributed by atoms with van der Waals surface area (Å²) in [4.78, 5) is 17.2. The SMILES string of the molecule is NC(=O)c1ccc2c(-c3cc4cc(CN5CCOCC5)ccc4[nH]3)n[nH]c2c1. The molecule has 1 aliphatic rings. The zero-order valence-electron chi connectivity index (χ0n) is 15.4. The Kier molecular flexibility index (Phi) is 4.11. The largest absolute Gasteiger partial charge is 0.379 e. The number of hydrogen-bond donors (Lipinski definition) is 3. The number of aromatic amines is 2. The van der Waals surface area contributed by atoms with E-state index in [1.54, 1.807) is 12.1 Å². The highest BCUT2D eigenvalue weighted by Gasteiger charge is 2.14. The van der Waals surface area contributed by atoms with Crippen LogP contribution in [-0.4, -0.2) is 52.3 Å². The lowest BCUT2D eigenvalue weighted by Gasteiger charge is -2.26. The number of carbonyl (C=O) groups is 1. The van der Waals surface area contributed by atoms with Gasteiger partial charge in [0.2, 0.25) is 5.91 Å². The number of hydrogen-bond acceptors (Lipinski definition) is 4. The van der Waals surface area contributed by atoms with Gasteiger partial charge in [0.25, 0.3) is 0 Å². The summed E-state index contributed by atoms with van der Waals surface area (Å²) >= 11 is 0. The molecule has 1 amide bonds. The second kappa shape index (κ2) is 6.78. The quantitative estimate of drug-likeness (QED) is 0.510. The van der Waals surface area contributed by atoms with Crippen molar-refractivity contribution in [3.63, 3.8) is 0 Å². The number of aromatic nitrogens is 3. The number of nitrogens with one attached hydrogen (secondary N) is 2. The van der Waals surface area contributed by atoms with Crippen molar-refractivity contribution < 1.29 is 9.53 Å². The first-order valence-electron chi connectivity index (χ1n) is 9.37. The fourth-order valence-corrected chi connectivity index (χ4v) is 3.80. The molecule has 4 aromatic rings. The first-order valence-corrected chi connectivity index (χ1v) is 9.37. The topological polar surface area (TPSA) is 100 Å². The van der Waals surface area contributed by atoms with E-state index in [0.717, 1.165) is 66.0 Å². The minimum absolute atomic E-state index is 0.448. The number of nitrogens with two attached hydrogens (primary N) is 1. The molecule has 4 N–H and O–H groups in total. The molecule has 2 aromatic heterocycles. The molecule has 1 aliphatic heterocycles. The zero-order chi connectivity index (χ0) is 19.1. The number of rotatable bonds is 4. The third kappa shape index (κ3) is 3.04. The van der Waals surface area contributed by atoms with E-state index in [4.69, 9.17) is 10.5 Å². The van der Waals surface area contributed by atoms with Gasteiger partial charge in [-0.05, 0) is 42.0 Å². The van der Waals surface area contributed by atoms with Gasteiger partial charge < -0.3 is 15.5 Å². The fourth-order valence-electron chi connectivity index (χ4n) is 3.80. The van der Waals surface area contributed by atoms with Crippen molar-refractivity contribution in [2.45, 2.75) is 6.54 Å². The number of carbonyl (C=O) groups excluding carboxylic acids is 1. The van der Waals surface area contributed by atoms with Gasteiger partial charge in [0.1, 0.15) is 5.69 Å². The molecule has 28 heavy (non-hydrogen) atoms. The van der Waals surface area contributed by atoms with E-state index in [1.165, 1.54) is 5.56 Å². The first kappa shape index (κ1) is 17.0. The van der Waals surface area contributed by atoms with E-state index in [9.17, 15) is 4.79 Å². The van der Waals surface area contributed by atoms with Crippen molar-refractivity contribution in [2.75, 3.05) is 26.3 Å². The van der Waals surface area contributed by atoms with Gasteiger partial charge >= 0.3 is 0 Å².